The van der Waals surface area contributed by atoms with Crippen molar-refractivity contribution in [2.24, 2.45) is 0 Å². The maximum Gasteiger partial charge on any atom is 0.327 e. The molecule has 0 atom stereocenters. The summed E-state index contributed by atoms with van der Waals surface area (Å²) in [5, 5.41) is 0.684. The first-order chi connectivity index (χ1) is 8.50. The molecule has 0 N–H and O–H groups in total. The van der Waals surface area contributed by atoms with E-state index in [4.69, 9.17) is 16.3 Å². The molecule has 1 aliphatic rings. The molecule has 5 heteroatoms. The topological polar surface area (TPSA) is 32.8 Å². The van der Waals surface area contributed by atoms with Gasteiger partial charge in [0.05, 0.1) is 0 Å². The Hall–Kier alpha value is -1.26. The van der Waals surface area contributed by atoms with Crippen molar-refractivity contribution >= 4 is 23.3 Å². The normalized spacial score (nSPS) is 16.6. The molecule has 0 aliphatic carbocycles. The molecule has 1 aromatic carbocycles. The van der Waals surface area contributed by atoms with Gasteiger partial charge in [0.25, 0.3) is 0 Å². The lowest BCUT2D eigenvalue weighted by Crippen LogP contribution is -2.48. The largest absolute Gasteiger partial charge is 0.340 e. The summed E-state index contributed by atoms with van der Waals surface area (Å²) in [7, 11) is 1.71. The fourth-order valence-corrected chi connectivity index (χ4v) is 2.32. The second-order valence-corrected chi connectivity index (χ2v) is 5.14. The summed E-state index contributed by atoms with van der Waals surface area (Å²) in [6.45, 7) is 4.77. The zero-order valence-electron chi connectivity index (χ0n) is 10.8. The van der Waals surface area contributed by atoms with Gasteiger partial charge in [0, 0.05) is 17.8 Å². The number of carbonyl (C=O) groups excluding carboxylic acids is 1. The Kier molecular flexibility index (Phi) is 3.78. The van der Waals surface area contributed by atoms with E-state index in [0.29, 0.717) is 17.7 Å². The second kappa shape index (κ2) is 5.16. The fraction of sp³-hybridized carbons (Fsp3) is 0.462. The minimum Gasteiger partial charge on any atom is -0.340 e. The molecule has 0 radical (unpaired) electrons. The third-order valence-electron chi connectivity index (χ3n) is 2.98. The van der Waals surface area contributed by atoms with Gasteiger partial charge in [0.2, 0.25) is 0 Å². The number of rotatable bonds is 2. The van der Waals surface area contributed by atoms with Crippen molar-refractivity contribution in [3.63, 3.8) is 0 Å². The van der Waals surface area contributed by atoms with Gasteiger partial charge >= 0.3 is 6.03 Å². The zero-order chi connectivity index (χ0) is 13.3. The van der Waals surface area contributed by atoms with Crippen LogP contribution in [0.4, 0.5) is 10.5 Å². The molecule has 1 fully saturated rings. The van der Waals surface area contributed by atoms with Gasteiger partial charge in [-0.2, -0.15) is 0 Å². The molecule has 2 amide bonds. The van der Waals surface area contributed by atoms with Gasteiger partial charge in [-0.1, -0.05) is 31.5 Å². The Labute approximate surface area is 112 Å². The van der Waals surface area contributed by atoms with Crippen LogP contribution >= 0.6 is 11.6 Å². The van der Waals surface area contributed by atoms with Crippen LogP contribution in [0.15, 0.2) is 18.2 Å². The highest BCUT2D eigenvalue weighted by Gasteiger charge is 2.25. The summed E-state index contributed by atoms with van der Waals surface area (Å²) in [5.41, 5.74) is 1.85. The average molecular weight is 269 g/mol. The Bertz CT molecular complexity index is 462. The van der Waals surface area contributed by atoms with Gasteiger partial charge in [0.1, 0.15) is 13.5 Å². The quantitative estimate of drug-likeness (QED) is 0.825. The van der Waals surface area contributed by atoms with E-state index in [9.17, 15) is 4.79 Å². The Balaban J connectivity index is 2.29. The smallest absolute Gasteiger partial charge is 0.327 e. The highest BCUT2D eigenvalue weighted by atomic mass is 35.5. The maximum atomic E-state index is 12.0. The summed E-state index contributed by atoms with van der Waals surface area (Å²) in [5.74, 6) is 0.363. The molecule has 1 heterocycles. The number of benzene rings is 1. The monoisotopic (exact) mass is 268 g/mol. The first-order valence-electron chi connectivity index (χ1n) is 5.90. The second-order valence-electron chi connectivity index (χ2n) is 4.73. The molecule has 0 aromatic heterocycles. The van der Waals surface area contributed by atoms with Gasteiger partial charge < -0.3 is 9.64 Å². The van der Waals surface area contributed by atoms with Gasteiger partial charge in [0.15, 0.2) is 0 Å². The molecule has 0 saturated carbocycles. The predicted octanol–water partition coefficient (Wildman–Crippen LogP) is 3.27. The van der Waals surface area contributed by atoms with Crippen LogP contribution < -0.4 is 4.90 Å². The van der Waals surface area contributed by atoms with Crippen LogP contribution in [-0.2, 0) is 4.74 Å². The van der Waals surface area contributed by atoms with E-state index in [1.54, 1.807) is 11.9 Å². The number of ether oxygens (including phenoxy) is 1. The minimum atomic E-state index is -0.0744. The molecule has 98 valence electrons. The number of nitrogens with zero attached hydrogens (tertiary/aromatic N) is 2. The fourth-order valence-electron chi connectivity index (χ4n) is 1.92. The SMILES string of the molecule is CC(C)c1ccc(N2COCN(C)C2=O)cc1Cl. The average Bonchev–Trinajstić information content (AvgIpc) is 2.32. The van der Waals surface area contributed by atoms with Gasteiger partial charge in [-0.3, -0.25) is 4.90 Å². The lowest BCUT2D eigenvalue weighted by molar-refractivity contribution is 0.0362. The molecule has 1 aromatic rings. The number of carbonyl (C=O) groups is 1. The van der Waals surface area contributed by atoms with Crippen molar-refractivity contribution < 1.29 is 9.53 Å². The van der Waals surface area contributed by atoms with Crippen LogP contribution in [0.2, 0.25) is 5.02 Å². The Morgan fingerprint density at radius 1 is 1.33 bits per heavy atom. The Morgan fingerprint density at radius 3 is 2.67 bits per heavy atom. The van der Waals surface area contributed by atoms with E-state index < -0.39 is 0 Å². The van der Waals surface area contributed by atoms with Crippen molar-refractivity contribution in [3.8, 4) is 0 Å². The van der Waals surface area contributed by atoms with Crippen LogP contribution in [0.25, 0.3) is 0 Å². The molecule has 4 nitrogen and oxygen atoms in total. The first-order valence-corrected chi connectivity index (χ1v) is 6.28. The van der Waals surface area contributed by atoms with Crippen molar-refractivity contribution in [3.05, 3.63) is 28.8 Å². The van der Waals surface area contributed by atoms with E-state index >= 15 is 0 Å². The van der Waals surface area contributed by atoms with E-state index in [2.05, 4.69) is 13.8 Å². The lowest BCUT2D eigenvalue weighted by atomic mass is 10.0. The van der Waals surface area contributed by atoms with E-state index in [0.717, 1.165) is 11.3 Å². The van der Waals surface area contributed by atoms with Crippen molar-refractivity contribution in [1.29, 1.82) is 0 Å². The number of halogens is 1. The summed E-state index contributed by atoms with van der Waals surface area (Å²) >= 11 is 6.24. The van der Waals surface area contributed by atoms with Crippen LogP contribution in [0, 0.1) is 0 Å². The highest BCUT2D eigenvalue weighted by Crippen LogP contribution is 2.29. The summed E-state index contributed by atoms with van der Waals surface area (Å²) in [6.07, 6.45) is 0. The highest BCUT2D eigenvalue weighted by molar-refractivity contribution is 6.31. The predicted molar refractivity (Wildman–Crippen MR) is 72.0 cm³/mol. The van der Waals surface area contributed by atoms with E-state index in [1.807, 2.05) is 18.2 Å². The lowest BCUT2D eigenvalue weighted by Gasteiger charge is -2.33. The van der Waals surface area contributed by atoms with E-state index in [1.165, 1.54) is 4.90 Å². The molecule has 0 unspecified atom stereocenters. The number of amides is 2. The minimum absolute atomic E-state index is 0.0744. The van der Waals surface area contributed by atoms with Crippen molar-refractivity contribution in [2.75, 3.05) is 25.4 Å². The van der Waals surface area contributed by atoms with E-state index in [-0.39, 0.29) is 12.8 Å². The Morgan fingerprint density at radius 2 is 2.06 bits per heavy atom. The maximum absolute atomic E-state index is 12.0. The van der Waals surface area contributed by atoms with Crippen LogP contribution in [0.3, 0.4) is 0 Å². The number of urea groups is 1. The van der Waals surface area contributed by atoms with Crippen LogP contribution in [-0.4, -0.2) is 31.4 Å². The molecule has 0 spiro atoms. The summed E-state index contributed by atoms with van der Waals surface area (Å²) in [4.78, 5) is 15.1. The standard InChI is InChI=1S/C13H17ClN2O2/c1-9(2)11-5-4-10(6-12(11)14)16-8-18-7-15(3)13(16)17/h4-6,9H,7-8H2,1-3H3. The number of hydrogen-bond donors (Lipinski definition) is 0. The van der Waals surface area contributed by atoms with Crippen LogP contribution in [0.1, 0.15) is 25.3 Å². The molecular formula is C13H17ClN2O2. The summed E-state index contributed by atoms with van der Waals surface area (Å²) < 4.78 is 5.32. The molecule has 1 aliphatic heterocycles. The molecule has 18 heavy (non-hydrogen) atoms. The third kappa shape index (κ3) is 2.44. The third-order valence-corrected chi connectivity index (χ3v) is 3.31. The summed E-state index contributed by atoms with van der Waals surface area (Å²) in [6, 6.07) is 5.61. The first kappa shape index (κ1) is 13.2. The van der Waals surface area contributed by atoms with Crippen LogP contribution in [0.5, 0.6) is 0 Å². The van der Waals surface area contributed by atoms with Gasteiger partial charge in [-0.25, -0.2) is 4.79 Å². The number of anilines is 1. The molecular weight excluding hydrogens is 252 g/mol. The zero-order valence-corrected chi connectivity index (χ0v) is 11.6. The van der Waals surface area contributed by atoms with Crippen molar-refractivity contribution in [2.45, 2.75) is 19.8 Å². The molecule has 1 saturated heterocycles. The van der Waals surface area contributed by atoms with Gasteiger partial charge in [-0.15, -0.1) is 0 Å². The molecule has 0 bridgehead atoms. The molecule has 2 rings (SSSR count). The number of hydrogen-bond acceptors (Lipinski definition) is 2. The van der Waals surface area contributed by atoms with Crippen molar-refractivity contribution in [1.82, 2.24) is 4.90 Å². The van der Waals surface area contributed by atoms with Gasteiger partial charge in [-0.05, 0) is 23.6 Å².